The Bertz CT molecular complexity index is 444. The first-order valence-corrected chi connectivity index (χ1v) is 7.52. The molecule has 2 aromatic rings. The van der Waals surface area contributed by atoms with E-state index in [1.165, 1.54) is 16.7 Å². The number of rotatable bonds is 6. The molecule has 18 heavy (non-hydrogen) atoms. The Labute approximate surface area is 114 Å². The summed E-state index contributed by atoms with van der Waals surface area (Å²) in [5.41, 5.74) is 4.27. The number of hydrogen-bond acceptors (Lipinski definition) is 2. The maximum atomic E-state index is 3.42. The highest BCUT2D eigenvalue weighted by atomic mass is 32.1. The lowest BCUT2D eigenvalue weighted by Crippen LogP contribution is -2.29. The monoisotopic (exact) mass is 259 g/mol. The number of thiophene rings is 1. The SMILES string of the molecule is CCc1ccc(CC(Cc2ccsc2)NC)cc1. The molecule has 0 saturated carbocycles. The number of hydrogen-bond donors (Lipinski definition) is 1. The molecule has 1 atom stereocenters. The van der Waals surface area contributed by atoms with Crippen molar-refractivity contribution in [3.8, 4) is 0 Å². The predicted molar refractivity (Wildman–Crippen MR) is 80.4 cm³/mol. The second-order valence-corrected chi connectivity index (χ2v) is 5.48. The van der Waals surface area contributed by atoms with Gasteiger partial charge in [0.25, 0.3) is 0 Å². The molecule has 96 valence electrons. The van der Waals surface area contributed by atoms with Crippen molar-refractivity contribution >= 4 is 11.3 Å². The fraction of sp³-hybridized carbons (Fsp3) is 0.375. The van der Waals surface area contributed by atoms with Crippen molar-refractivity contribution in [2.24, 2.45) is 0 Å². The van der Waals surface area contributed by atoms with E-state index < -0.39 is 0 Å². The van der Waals surface area contributed by atoms with Crippen molar-refractivity contribution in [2.45, 2.75) is 32.2 Å². The molecule has 2 heteroatoms. The molecule has 1 heterocycles. The van der Waals surface area contributed by atoms with Crippen LogP contribution in [0.25, 0.3) is 0 Å². The zero-order valence-corrected chi connectivity index (χ0v) is 12.0. The number of benzene rings is 1. The summed E-state index contributed by atoms with van der Waals surface area (Å²) in [5, 5.41) is 7.81. The highest BCUT2D eigenvalue weighted by Crippen LogP contribution is 2.13. The normalized spacial score (nSPS) is 12.6. The standard InChI is InChI=1S/C16H21NS/c1-3-13-4-6-14(7-5-13)10-16(17-2)11-15-8-9-18-12-15/h4-9,12,16-17H,3,10-11H2,1-2H3. The zero-order valence-electron chi connectivity index (χ0n) is 11.1. The minimum absolute atomic E-state index is 0.520. The van der Waals surface area contributed by atoms with Crippen LogP contribution in [0.3, 0.4) is 0 Å². The molecule has 0 amide bonds. The summed E-state index contributed by atoms with van der Waals surface area (Å²) in [4.78, 5) is 0. The zero-order chi connectivity index (χ0) is 12.8. The molecule has 0 spiro atoms. The van der Waals surface area contributed by atoms with Gasteiger partial charge in [0.1, 0.15) is 0 Å². The molecule has 0 saturated heterocycles. The highest BCUT2D eigenvalue weighted by Gasteiger charge is 2.08. The van der Waals surface area contributed by atoms with Crippen molar-refractivity contribution in [3.63, 3.8) is 0 Å². The molecular weight excluding hydrogens is 238 g/mol. The predicted octanol–water partition coefficient (Wildman–Crippen LogP) is 3.68. The molecule has 1 aromatic carbocycles. The van der Waals surface area contributed by atoms with Crippen LogP contribution in [0.2, 0.25) is 0 Å². The number of aryl methyl sites for hydroxylation is 1. The molecule has 1 unspecified atom stereocenters. The van der Waals surface area contributed by atoms with E-state index in [2.05, 4.69) is 60.4 Å². The van der Waals surface area contributed by atoms with Crippen molar-refractivity contribution in [1.29, 1.82) is 0 Å². The van der Waals surface area contributed by atoms with Crippen LogP contribution in [0.1, 0.15) is 23.6 Å². The summed E-state index contributed by atoms with van der Waals surface area (Å²) in [6, 6.07) is 11.7. The molecule has 0 bridgehead atoms. The quantitative estimate of drug-likeness (QED) is 0.834. The van der Waals surface area contributed by atoms with E-state index >= 15 is 0 Å². The van der Waals surface area contributed by atoms with E-state index in [9.17, 15) is 0 Å². The highest BCUT2D eigenvalue weighted by molar-refractivity contribution is 7.07. The number of likely N-dealkylation sites (N-methyl/N-ethyl adjacent to an activating group) is 1. The first kappa shape index (κ1) is 13.3. The molecule has 0 aliphatic heterocycles. The number of nitrogens with one attached hydrogen (secondary N) is 1. The van der Waals surface area contributed by atoms with Gasteiger partial charge in [0.05, 0.1) is 0 Å². The molecule has 1 N–H and O–H groups in total. The van der Waals surface area contributed by atoms with Crippen LogP contribution in [-0.4, -0.2) is 13.1 Å². The average molecular weight is 259 g/mol. The smallest absolute Gasteiger partial charge is 0.0145 e. The average Bonchev–Trinajstić information content (AvgIpc) is 2.91. The van der Waals surface area contributed by atoms with E-state index in [0.29, 0.717) is 6.04 Å². The van der Waals surface area contributed by atoms with Gasteiger partial charge in [-0.2, -0.15) is 11.3 Å². The van der Waals surface area contributed by atoms with Gasteiger partial charge in [-0.1, -0.05) is 31.2 Å². The molecule has 0 aliphatic rings. The first-order chi connectivity index (χ1) is 8.81. The van der Waals surface area contributed by atoms with E-state index in [4.69, 9.17) is 0 Å². The van der Waals surface area contributed by atoms with Gasteiger partial charge < -0.3 is 5.32 Å². The van der Waals surface area contributed by atoms with Crippen molar-refractivity contribution in [1.82, 2.24) is 5.32 Å². The van der Waals surface area contributed by atoms with Gasteiger partial charge in [0.2, 0.25) is 0 Å². The van der Waals surface area contributed by atoms with E-state index in [1.54, 1.807) is 11.3 Å². The summed E-state index contributed by atoms with van der Waals surface area (Å²) in [5.74, 6) is 0. The summed E-state index contributed by atoms with van der Waals surface area (Å²) in [6.45, 7) is 2.20. The largest absolute Gasteiger partial charge is 0.316 e. The third-order valence-corrected chi connectivity index (χ3v) is 4.12. The van der Waals surface area contributed by atoms with Gasteiger partial charge in [-0.3, -0.25) is 0 Å². The first-order valence-electron chi connectivity index (χ1n) is 6.58. The third kappa shape index (κ3) is 3.69. The van der Waals surface area contributed by atoms with Crippen LogP contribution in [-0.2, 0) is 19.3 Å². The minimum atomic E-state index is 0.520. The summed E-state index contributed by atoms with van der Waals surface area (Å²) in [7, 11) is 2.05. The summed E-state index contributed by atoms with van der Waals surface area (Å²) < 4.78 is 0. The topological polar surface area (TPSA) is 12.0 Å². The summed E-state index contributed by atoms with van der Waals surface area (Å²) >= 11 is 1.78. The Hall–Kier alpha value is -1.12. The Kier molecular flexibility index (Phi) is 4.97. The lowest BCUT2D eigenvalue weighted by Gasteiger charge is -2.15. The molecule has 1 nitrogen and oxygen atoms in total. The van der Waals surface area contributed by atoms with Gasteiger partial charge in [-0.15, -0.1) is 0 Å². The molecule has 1 aromatic heterocycles. The van der Waals surface area contributed by atoms with Crippen LogP contribution < -0.4 is 5.32 Å². The third-order valence-electron chi connectivity index (χ3n) is 3.38. The van der Waals surface area contributed by atoms with Gasteiger partial charge >= 0.3 is 0 Å². The maximum Gasteiger partial charge on any atom is 0.0145 e. The Morgan fingerprint density at radius 1 is 1.00 bits per heavy atom. The molecule has 0 aliphatic carbocycles. The summed E-state index contributed by atoms with van der Waals surface area (Å²) in [6.07, 6.45) is 3.32. The van der Waals surface area contributed by atoms with Crippen molar-refractivity contribution in [3.05, 3.63) is 57.8 Å². The van der Waals surface area contributed by atoms with Crippen LogP contribution in [0.15, 0.2) is 41.1 Å². The van der Waals surface area contributed by atoms with Gasteiger partial charge in [-0.05, 0) is 59.8 Å². The minimum Gasteiger partial charge on any atom is -0.316 e. The molecular formula is C16H21NS. The van der Waals surface area contributed by atoms with Gasteiger partial charge in [-0.25, -0.2) is 0 Å². The van der Waals surface area contributed by atoms with Crippen molar-refractivity contribution in [2.75, 3.05) is 7.05 Å². The Balaban J connectivity index is 1.96. The molecule has 0 fully saturated rings. The van der Waals surface area contributed by atoms with Crippen LogP contribution in [0, 0.1) is 0 Å². The van der Waals surface area contributed by atoms with Gasteiger partial charge in [0, 0.05) is 6.04 Å². The van der Waals surface area contributed by atoms with Crippen LogP contribution >= 0.6 is 11.3 Å². The van der Waals surface area contributed by atoms with Crippen LogP contribution in [0.4, 0.5) is 0 Å². The Morgan fingerprint density at radius 2 is 1.67 bits per heavy atom. The fourth-order valence-corrected chi connectivity index (χ4v) is 2.85. The maximum absolute atomic E-state index is 3.42. The van der Waals surface area contributed by atoms with Crippen molar-refractivity contribution < 1.29 is 0 Å². The molecule has 0 radical (unpaired) electrons. The second-order valence-electron chi connectivity index (χ2n) is 4.70. The lowest BCUT2D eigenvalue weighted by molar-refractivity contribution is 0.557. The second kappa shape index (κ2) is 6.72. The van der Waals surface area contributed by atoms with E-state index in [0.717, 1.165) is 19.3 Å². The van der Waals surface area contributed by atoms with E-state index in [-0.39, 0.29) is 0 Å². The fourth-order valence-electron chi connectivity index (χ4n) is 2.17. The van der Waals surface area contributed by atoms with Gasteiger partial charge in [0.15, 0.2) is 0 Å². The van der Waals surface area contributed by atoms with Crippen LogP contribution in [0.5, 0.6) is 0 Å². The Morgan fingerprint density at radius 3 is 2.22 bits per heavy atom. The van der Waals surface area contributed by atoms with E-state index in [1.807, 2.05) is 0 Å². The lowest BCUT2D eigenvalue weighted by atomic mass is 9.99. The molecule has 2 rings (SSSR count).